The van der Waals surface area contributed by atoms with Crippen LogP contribution in [0.5, 0.6) is 23.0 Å². The van der Waals surface area contributed by atoms with E-state index in [-0.39, 0.29) is 36.7 Å². The Kier molecular flexibility index (Phi) is 23.4. The molecular formula is C58H66N4O12. The van der Waals surface area contributed by atoms with Gasteiger partial charge in [0, 0.05) is 89.3 Å². The first-order chi connectivity index (χ1) is 35.3. The van der Waals surface area contributed by atoms with Gasteiger partial charge in [-0.1, -0.05) is 48.5 Å². The summed E-state index contributed by atoms with van der Waals surface area (Å²) < 4.78 is 20.5. The number of nitrogens with one attached hydrogen (secondary N) is 2. The van der Waals surface area contributed by atoms with Crippen LogP contribution in [0.15, 0.2) is 119 Å². The quantitative estimate of drug-likeness (QED) is 0.0278. The topological polar surface area (TPSA) is 204 Å². The zero-order valence-electron chi connectivity index (χ0n) is 43.4. The van der Waals surface area contributed by atoms with Crippen molar-refractivity contribution >= 4 is 71.8 Å². The fraction of sp³-hybridized carbons (Fsp3) is 0.310. The molecule has 0 bridgehead atoms. The normalized spacial score (nSPS) is 11.7. The van der Waals surface area contributed by atoms with Crippen molar-refractivity contribution in [1.29, 1.82) is 0 Å². The molecule has 0 aromatic heterocycles. The zero-order valence-corrected chi connectivity index (χ0v) is 43.4. The van der Waals surface area contributed by atoms with E-state index in [0.717, 1.165) is 22.3 Å². The van der Waals surface area contributed by atoms with Crippen LogP contribution < -0.4 is 29.6 Å². The predicted octanol–water partition coefficient (Wildman–Crippen LogP) is 8.55. The molecule has 0 atom stereocenters. The van der Waals surface area contributed by atoms with Crippen molar-refractivity contribution in [1.82, 2.24) is 20.4 Å². The number of carbonyl (C=O) groups is 8. The monoisotopic (exact) mass is 1010 g/mol. The van der Waals surface area contributed by atoms with Gasteiger partial charge < -0.3 is 39.4 Å². The van der Waals surface area contributed by atoms with Gasteiger partial charge in [0.05, 0.1) is 0 Å². The van der Waals surface area contributed by atoms with Gasteiger partial charge in [0.25, 0.3) is 0 Å². The lowest BCUT2D eigenvalue weighted by Gasteiger charge is -2.26. The number of hydrogen-bond acceptors (Lipinski definition) is 12. The lowest BCUT2D eigenvalue weighted by Crippen LogP contribution is -2.37. The van der Waals surface area contributed by atoms with Gasteiger partial charge >= 0.3 is 23.9 Å². The van der Waals surface area contributed by atoms with Crippen molar-refractivity contribution in [2.75, 3.05) is 39.3 Å². The molecule has 0 aliphatic carbocycles. The number of esters is 4. The number of unbranched alkanes of at least 4 members (excludes halogenated alkanes) is 1. The van der Waals surface area contributed by atoms with Crippen molar-refractivity contribution in [2.45, 2.75) is 81.1 Å². The molecule has 0 aliphatic heterocycles. The lowest BCUT2D eigenvalue weighted by atomic mass is 10.1. The fourth-order valence-corrected chi connectivity index (χ4v) is 7.40. The number of benzene rings is 4. The van der Waals surface area contributed by atoms with Crippen molar-refractivity contribution in [3.05, 3.63) is 142 Å². The number of rotatable bonds is 25. The van der Waals surface area contributed by atoms with Gasteiger partial charge in [0.1, 0.15) is 23.0 Å². The highest BCUT2D eigenvalue weighted by molar-refractivity contribution is 5.99. The second kappa shape index (κ2) is 29.8. The molecule has 16 nitrogen and oxygen atoms in total. The highest BCUT2D eigenvalue weighted by Gasteiger charge is 2.19. The summed E-state index contributed by atoms with van der Waals surface area (Å²) in [6, 6.07) is 27.1. The van der Waals surface area contributed by atoms with Gasteiger partial charge in [-0.3, -0.25) is 38.4 Å². The third-order valence-corrected chi connectivity index (χ3v) is 11.0. The summed E-state index contributed by atoms with van der Waals surface area (Å²) in [5.74, 6) is -1.15. The Morgan fingerprint density at radius 1 is 0.351 bits per heavy atom. The van der Waals surface area contributed by atoms with E-state index in [1.165, 1.54) is 27.7 Å². The molecule has 4 amide bonds. The summed E-state index contributed by atoms with van der Waals surface area (Å²) in [7, 11) is 0. The summed E-state index contributed by atoms with van der Waals surface area (Å²) in [5, 5.41) is 5.87. The minimum absolute atomic E-state index is 0.209. The number of ether oxygens (including phenoxy) is 4. The number of nitrogens with zero attached hydrogens (tertiary/aromatic N) is 2. The minimum Gasteiger partial charge on any atom is -0.427 e. The lowest BCUT2D eigenvalue weighted by molar-refractivity contribution is -0.132. The van der Waals surface area contributed by atoms with Crippen LogP contribution in [0.1, 0.15) is 103 Å². The van der Waals surface area contributed by atoms with Crippen molar-refractivity contribution in [2.24, 2.45) is 0 Å². The van der Waals surface area contributed by atoms with E-state index in [1.807, 2.05) is 0 Å². The maximum absolute atomic E-state index is 14.1. The Morgan fingerprint density at radius 3 is 0.824 bits per heavy atom. The predicted molar refractivity (Wildman–Crippen MR) is 283 cm³/mol. The highest BCUT2D eigenvalue weighted by atomic mass is 16.5. The Balaban J connectivity index is 1.45. The van der Waals surface area contributed by atoms with E-state index >= 15 is 0 Å². The molecule has 0 saturated heterocycles. The van der Waals surface area contributed by atoms with E-state index in [0.29, 0.717) is 97.2 Å². The molecule has 0 radical (unpaired) electrons. The molecule has 0 aliphatic rings. The van der Waals surface area contributed by atoms with Crippen LogP contribution in [0.4, 0.5) is 0 Å². The molecule has 4 aromatic rings. The third-order valence-electron chi connectivity index (χ3n) is 11.0. The van der Waals surface area contributed by atoms with Crippen LogP contribution in [-0.4, -0.2) is 96.6 Å². The van der Waals surface area contributed by atoms with Crippen LogP contribution in [0.25, 0.3) is 24.3 Å². The number of carbonyl (C=O) groups excluding carboxylic acids is 8. The summed E-state index contributed by atoms with van der Waals surface area (Å²) in [6.07, 6.45) is 8.91. The Bertz CT molecular complexity index is 2550. The largest absolute Gasteiger partial charge is 0.427 e. The third kappa shape index (κ3) is 21.1. The van der Waals surface area contributed by atoms with Gasteiger partial charge in [-0.15, -0.1) is 0 Å². The van der Waals surface area contributed by atoms with Crippen molar-refractivity contribution in [3.63, 3.8) is 0 Å². The van der Waals surface area contributed by atoms with Crippen LogP contribution in [0.3, 0.4) is 0 Å². The SMILES string of the molecule is CC(=O)Oc1ccc(/C=C(\C)C(=O)NCCCN(CCCCN(CCCNC(=O)/C(C)=C/c2ccc(OC(C)=O)cc2)C(=O)/C(C)=C/c2ccc(OC(C)=O)cc2)C(=O)/C(C)=C/c2ccc(OC(C)=O)cc2)cc1. The maximum atomic E-state index is 14.1. The molecule has 0 heterocycles. The molecule has 0 saturated carbocycles. The summed E-state index contributed by atoms with van der Waals surface area (Å²) >= 11 is 0. The standard InChI is InChI=1S/C58H66N4O12/c1-39(35-47-13-21-51(22-14-47)71-43(5)63)55(67)59-29-11-33-61(57(69)41(3)37-49-17-25-53(26-18-49)73-45(7)65)31-9-10-32-62(58(70)42(4)38-50-19-27-54(28-20-50)74-46(8)66)34-12-30-60-56(68)40(2)36-48-15-23-52(24-16-48)72-44(6)64/h13-28,35-38H,9-12,29-34H2,1-8H3,(H,59,67)(H,60,68)/b39-35+,40-36+,41-37+,42-38+. The van der Waals surface area contributed by atoms with Crippen LogP contribution in [0, 0.1) is 0 Å². The van der Waals surface area contributed by atoms with Crippen LogP contribution in [-0.2, 0) is 38.4 Å². The Morgan fingerprint density at radius 2 is 0.581 bits per heavy atom. The molecule has 4 rings (SSSR count). The molecule has 0 fully saturated rings. The Labute approximate surface area is 433 Å². The number of amides is 4. The van der Waals surface area contributed by atoms with Crippen molar-refractivity contribution in [3.8, 4) is 23.0 Å². The molecule has 0 unspecified atom stereocenters. The van der Waals surface area contributed by atoms with E-state index in [2.05, 4.69) is 10.6 Å². The molecular weight excluding hydrogens is 945 g/mol. The van der Waals surface area contributed by atoms with Crippen molar-refractivity contribution < 1.29 is 57.3 Å². The second-order valence-electron chi connectivity index (χ2n) is 17.5. The van der Waals surface area contributed by atoms with E-state index in [9.17, 15) is 38.4 Å². The van der Waals surface area contributed by atoms with E-state index in [1.54, 1.807) is 159 Å². The van der Waals surface area contributed by atoms with E-state index in [4.69, 9.17) is 18.9 Å². The average molecular weight is 1010 g/mol. The van der Waals surface area contributed by atoms with Crippen LogP contribution >= 0.6 is 0 Å². The van der Waals surface area contributed by atoms with E-state index < -0.39 is 23.9 Å². The highest BCUT2D eigenvalue weighted by Crippen LogP contribution is 2.20. The smallest absolute Gasteiger partial charge is 0.308 e. The van der Waals surface area contributed by atoms with Gasteiger partial charge in [-0.2, -0.15) is 0 Å². The summed E-state index contributed by atoms with van der Waals surface area (Å²) in [6.45, 7) is 14.0. The maximum Gasteiger partial charge on any atom is 0.308 e. The number of hydrogen-bond donors (Lipinski definition) is 2. The summed E-state index contributed by atoms with van der Waals surface area (Å²) in [4.78, 5) is 103. The van der Waals surface area contributed by atoms with Gasteiger partial charge in [-0.25, -0.2) is 0 Å². The molecule has 390 valence electrons. The average Bonchev–Trinajstić information content (AvgIpc) is 3.35. The first-order valence-electron chi connectivity index (χ1n) is 24.3. The fourth-order valence-electron chi connectivity index (χ4n) is 7.40. The van der Waals surface area contributed by atoms with Crippen LogP contribution in [0.2, 0.25) is 0 Å². The molecule has 4 aromatic carbocycles. The first kappa shape index (κ1) is 58.2. The van der Waals surface area contributed by atoms with Gasteiger partial charge in [0.2, 0.25) is 23.6 Å². The molecule has 2 N–H and O–H groups in total. The second-order valence-corrected chi connectivity index (χ2v) is 17.5. The first-order valence-corrected chi connectivity index (χ1v) is 24.3. The molecule has 16 heteroatoms. The minimum atomic E-state index is -0.444. The zero-order chi connectivity index (χ0) is 54.2. The summed E-state index contributed by atoms with van der Waals surface area (Å²) in [5.41, 5.74) is 4.83. The van der Waals surface area contributed by atoms with Gasteiger partial charge in [0.15, 0.2) is 0 Å². The molecule has 0 spiro atoms. The molecule has 74 heavy (non-hydrogen) atoms. The Hall–Kier alpha value is -8.40. The van der Waals surface area contributed by atoms with Gasteiger partial charge in [-0.05, 0) is 148 Å².